The number of carbonyl (C=O) groups excluding carboxylic acids is 1. The summed E-state index contributed by atoms with van der Waals surface area (Å²) in [5.41, 5.74) is 3.08. The number of fused-ring (bicyclic) bond motifs is 1. The number of hydrogen-bond acceptors (Lipinski definition) is 7. The monoisotopic (exact) mass is 487 g/mol. The number of allylic oxidation sites excluding steroid dienone is 3. The van der Waals surface area contributed by atoms with Crippen LogP contribution in [0.3, 0.4) is 0 Å². The van der Waals surface area contributed by atoms with Crippen LogP contribution < -0.4 is 9.46 Å². The summed E-state index contributed by atoms with van der Waals surface area (Å²) in [7, 11) is 1.41. The van der Waals surface area contributed by atoms with E-state index in [4.69, 9.17) is 4.74 Å². The fourth-order valence-corrected chi connectivity index (χ4v) is 3.80. The quantitative estimate of drug-likeness (QED) is 0.281. The third-order valence-corrected chi connectivity index (χ3v) is 5.25. The lowest BCUT2D eigenvalue weighted by Gasteiger charge is -2.13. The molecule has 3 rings (SSSR count). The van der Waals surface area contributed by atoms with Gasteiger partial charge in [-0.3, -0.25) is 14.1 Å². The standard InChI is InChI=1S/C23H26FN5O4S/c1-15(14-30)10-17(13-28(2)3)19-11-20-21(22(25-19)27-34(5,31)32)26-23(33-4)29(20)12-16-6-8-18(24)9-7-16/h6-11,13-14H,12H2,1-5H3,(H,25,27)/b15-10-,17-13+. The van der Waals surface area contributed by atoms with Crippen molar-refractivity contribution in [3.63, 3.8) is 0 Å². The summed E-state index contributed by atoms with van der Waals surface area (Å²) in [4.78, 5) is 22.0. The molecule has 0 unspecified atom stereocenters. The Morgan fingerprint density at radius 2 is 1.91 bits per heavy atom. The minimum absolute atomic E-state index is 0.0213. The lowest BCUT2D eigenvalue weighted by molar-refractivity contribution is -0.104. The SMILES string of the molecule is COc1nc2c(NS(C)(=O)=O)nc(C(/C=C(/C)C=O)=C/N(C)C)cc2n1Cc1ccc(F)cc1. The van der Waals surface area contributed by atoms with Crippen LogP contribution in [-0.4, -0.2) is 61.6 Å². The molecule has 0 spiro atoms. The summed E-state index contributed by atoms with van der Waals surface area (Å²) in [6.07, 6.45) is 5.17. The highest BCUT2D eigenvalue weighted by Crippen LogP contribution is 2.31. The van der Waals surface area contributed by atoms with E-state index in [1.165, 1.54) is 19.2 Å². The predicted octanol–water partition coefficient (Wildman–Crippen LogP) is 3.05. The van der Waals surface area contributed by atoms with Gasteiger partial charge < -0.3 is 9.64 Å². The molecule has 0 aliphatic heterocycles. The van der Waals surface area contributed by atoms with E-state index < -0.39 is 10.0 Å². The smallest absolute Gasteiger partial charge is 0.297 e. The molecule has 0 saturated carbocycles. The first-order valence-corrected chi connectivity index (χ1v) is 12.1. The average molecular weight is 488 g/mol. The molecule has 180 valence electrons. The zero-order valence-electron chi connectivity index (χ0n) is 19.5. The second kappa shape index (κ2) is 10.0. The maximum Gasteiger partial charge on any atom is 0.297 e. The van der Waals surface area contributed by atoms with Gasteiger partial charge in [-0.05, 0) is 42.3 Å². The highest BCUT2D eigenvalue weighted by molar-refractivity contribution is 7.92. The van der Waals surface area contributed by atoms with Crippen LogP contribution in [0.15, 0.2) is 48.2 Å². The number of aldehydes is 1. The first-order chi connectivity index (χ1) is 16.0. The Balaban J connectivity index is 2.31. The minimum Gasteiger partial charge on any atom is -0.468 e. The van der Waals surface area contributed by atoms with Crippen molar-refractivity contribution in [1.82, 2.24) is 19.4 Å². The molecule has 3 aromatic rings. The average Bonchev–Trinajstić information content (AvgIpc) is 3.11. The number of ether oxygens (including phenoxy) is 1. The maximum absolute atomic E-state index is 13.4. The van der Waals surface area contributed by atoms with Gasteiger partial charge in [0.05, 0.1) is 31.1 Å². The summed E-state index contributed by atoms with van der Waals surface area (Å²) >= 11 is 0. The van der Waals surface area contributed by atoms with E-state index in [9.17, 15) is 17.6 Å². The van der Waals surface area contributed by atoms with Gasteiger partial charge in [0.25, 0.3) is 6.01 Å². The van der Waals surface area contributed by atoms with Crippen molar-refractivity contribution < 1.29 is 22.3 Å². The summed E-state index contributed by atoms with van der Waals surface area (Å²) in [5, 5.41) is 0. The van der Waals surface area contributed by atoms with Gasteiger partial charge in [0.2, 0.25) is 10.0 Å². The molecule has 0 radical (unpaired) electrons. The largest absolute Gasteiger partial charge is 0.468 e. The molecule has 0 aliphatic rings. The van der Waals surface area contributed by atoms with Crippen LogP contribution in [0, 0.1) is 5.82 Å². The molecule has 0 atom stereocenters. The van der Waals surface area contributed by atoms with E-state index in [2.05, 4.69) is 14.7 Å². The van der Waals surface area contributed by atoms with Gasteiger partial charge in [-0.1, -0.05) is 12.1 Å². The molecule has 0 aliphatic carbocycles. The highest BCUT2D eigenvalue weighted by Gasteiger charge is 2.20. The number of sulfonamides is 1. The molecule has 34 heavy (non-hydrogen) atoms. The van der Waals surface area contributed by atoms with Gasteiger partial charge in [-0.15, -0.1) is 0 Å². The molecular formula is C23H26FN5O4S. The summed E-state index contributed by atoms with van der Waals surface area (Å²) < 4.78 is 47.2. The lowest BCUT2D eigenvalue weighted by atomic mass is 10.1. The molecule has 1 N–H and O–H groups in total. The van der Waals surface area contributed by atoms with Gasteiger partial charge in [0, 0.05) is 25.9 Å². The Kier molecular flexibility index (Phi) is 7.35. The van der Waals surface area contributed by atoms with Crippen molar-refractivity contribution >= 4 is 38.7 Å². The van der Waals surface area contributed by atoms with Crippen molar-refractivity contribution in [2.75, 3.05) is 32.2 Å². The van der Waals surface area contributed by atoms with Crippen LogP contribution in [0.5, 0.6) is 6.01 Å². The minimum atomic E-state index is -3.68. The Labute approximate surface area is 197 Å². The number of rotatable bonds is 9. The van der Waals surface area contributed by atoms with Crippen molar-refractivity contribution in [3.8, 4) is 6.01 Å². The van der Waals surface area contributed by atoms with E-state index in [0.717, 1.165) is 18.1 Å². The fraction of sp³-hybridized carbons (Fsp3) is 0.261. The number of anilines is 1. The number of nitrogens with one attached hydrogen (secondary N) is 1. The fourth-order valence-electron chi connectivity index (χ4n) is 3.31. The van der Waals surface area contributed by atoms with E-state index >= 15 is 0 Å². The molecular weight excluding hydrogens is 461 g/mol. The molecule has 1 aromatic carbocycles. The zero-order valence-corrected chi connectivity index (χ0v) is 20.4. The molecule has 2 aromatic heterocycles. The van der Waals surface area contributed by atoms with Crippen LogP contribution in [-0.2, 0) is 21.4 Å². The van der Waals surface area contributed by atoms with E-state index in [-0.39, 0.29) is 29.7 Å². The molecule has 0 fully saturated rings. The van der Waals surface area contributed by atoms with Crippen LogP contribution >= 0.6 is 0 Å². The topological polar surface area (TPSA) is 106 Å². The van der Waals surface area contributed by atoms with E-state index in [0.29, 0.717) is 22.4 Å². The number of methoxy groups -OCH3 is 1. The molecule has 0 saturated heterocycles. The molecule has 0 amide bonds. The van der Waals surface area contributed by atoms with Gasteiger partial charge in [-0.2, -0.15) is 4.98 Å². The number of benzene rings is 1. The molecule has 2 heterocycles. The summed E-state index contributed by atoms with van der Waals surface area (Å²) in [5.74, 6) is -0.332. The number of aromatic nitrogens is 3. The zero-order chi connectivity index (χ0) is 25.0. The van der Waals surface area contributed by atoms with Crippen molar-refractivity contribution in [2.24, 2.45) is 0 Å². The molecule has 11 heteroatoms. The van der Waals surface area contributed by atoms with Gasteiger partial charge in [0.1, 0.15) is 17.6 Å². The second-order valence-electron chi connectivity index (χ2n) is 7.96. The number of nitrogens with zero attached hydrogens (tertiary/aromatic N) is 4. The maximum atomic E-state index is 13.4. The van der Waals surface area contributed by atoms with Gasteiger partial charge in [0.15, 0.2) is 5.82 Å². The third kappa shape index (κ3) is 5.98. The van der Waals surface area contributed by atoms with Crippen LogP contribution in [0.1, 0.15) is 18.2 Å². The normalized spacial score (nSPS) is 12.6. The summed E-state index contributed by atoms with van der Waals surface area (Å²) in [6, 6.07) is 7.97. The van der Waals surface area contributed by atoms with Crippen molar-refractivity contribution in [3.05, 3.63) is 65.3 Å². The van der Waals surface area contributed by atoms with E-state index in [1.54, 1.807) is 46.9 Å². The third-order valence-electron chi connectivity index (χ3n) is 4.68. The Morgan fingerprint density at radius 3 is 2.47 bits per heavy atom. The number of carbonyl (C=O) groups is 1. The Bertz CT molecular complexity index is 1380. The van der Waals surface area contributed by atoms with E-state index in [1.807, 2.05) is 14.1 Å². The first-order valence-electron chi connectivity index (χ1n) is 10.2. The van der Waals surface area contributed by atoms with Crippen LogP contribution in [0.2, 0.25) is 0 Å². The molecule has 9 nitrogen and oxygen atoms in total. The highest BCUT2D eigenvalue weighted by atomic mass is 32.2. The van der Waals surface area contributed by atoms with Crippen molar-refractivity contribution in [1.29, 1.82) is 0 Å². The Morgan fingerprint density at radius 1 is 1.24 bits per heavy atom. The van der Waals surface area contributed by atoms with Gasteiger partial charge >= 0.3 is 0 Å². The number of imidazole rings is 1. The van der Waals surface area contributed by atoms with Crippen LogP contribution in [0.25, 0.3) is 16.6 Å². The Hall–Kier alpha value is -3.73. The van der Waals surface area contributed by atoms with Crippen molar-refractivity contribution in [2.45, 2.75) is 13.5 Å². The first kappa shape index (κ1) is 24.9. The number of hydrogen-bond donors (Lipinski definition) is 1. The molecule has 0 bridgehead atoms. The van der Waals surface area contributed by atoms with Gasteiger partial charge in [-0.25, -0.2) is 17.8 Å². The summed E-state index contributed by atoms with van der Waals surface area (Å²) in [6.45, 7) is 1.95. The lowest BCUT2D eigenvalue weighted by Crippen LogP contribution is -2.12. The van der Waals surface area contributed by atoms with Crippen LogP contribution in [0.4, 0.5) is 10.2 Å². The number of pyridine rings is 1. The second-order valence-corrected chi connectivity index (χ2v) is 9.71. The predicted molar refractivity (Wildman–Crippen MR) is 130 cm³/mol. The number of halogens is 1.